The van der Waals surface area contributed by atoms with E-state index in [1.807, 2.05) is 0 Å². The van der Waals surface area contributed by atoms with E-state index in [4.69, 9.17) is 15.6 Å². The molecule has 0 aromatic rings. The number of aliphatic carboxylic acids is 1. The summed E-state index contributed by atoms with van der Waals surface area (Å²) < 4.78 is 31.5. The summed E-state index contributed by atoms with van der Waals surface area (Å²) in [6, 6.07) is 0. The van der Waals surface area contributed by atoms with Gasteiger partial charge in [0, 0.05) is 0 Å². The van der Waals surface area contributed by atoms with Crippen LogP contribution in [0.3, 0.4) is 0 Å². The van der Waals surface area contributed by atoms with E-state index in [2.05, 4.69) is 0 Å². The second-order valence-electron chi connectivity index (χ2n) is 1.14. The lowest BCUT2D eigenvalue weighted by Gasteiger charge is -2.03. The van der Waals surface area contributed by atoms with E-state index in [0.29, 0.717) is 6.54 Å². The minimum absolute atomic E-state index is 0.500. The lowest BCUT2D eigenvalue weighted by molar-refractivity contribution is -0.344. The predicted octanol–water partition coefficient (Wildman–Crippen LogP) is 0.357. The first-order valence-corrected chi connectivity index (χ1v) is 2.29. The zero-order valence-electron chi connectivity index (χ0n) is 5.16. The van der Waals surface area contributed by atoms with Gasteiger partial charge in [0.1, 0.15) is 5.97 Å². The number of carbonyl (C=O) groups is 1. The highest BCUT2D eigenvalue weighted by molar-refractivity contribution is 5.70. The third kappa shape index (κ3) is 10.3. The molecule has 0 radical (unpaired) electrons. The number of rotatable bonds is 0. The van der Waals surface area contributed by atoms with Crippen molar-refractivity contribution in [1.82, 2.24) is 0 Å². The second kappa shape index (κ2) is 5.04. The first kappa shape index (κ1) is 12.0. The Balaban J connectivity index is 0. The van der Waals surface area contributed by atoms with Crippen molar-refractivity contribution in [3.05, 3.63) is 5.73 Å². The topological polar surface area (TPSA) is 63.9 Å². The lowest BCUT2D eigenvalue weighted by Crippen LogP contribution is -2.37. The van der Waals surface area contributed by atoms with Crippen molar-refractivity contribution in [3.63, 3.8) is 0 Å². The van der Waals surface area contributed by atoms with Crippen LogP contribution in [0, 0.1) is 0 Å². The quantitative estimate of drug-likeness (QED) is 0.509. The van der Waals surface area contributed by atoms with Gasteiger partial charge >= 0.3 is 6.18 Å². The number of carboxylic acid groups (broad SMARTS) is 1. The maximum absolute atomic E-state index is 10.5. The Morgan fingerprint density at radius 2 is 1.70 bits per heavy atom. The summed E-state index contributed by atoms with van der Waals surface area (Å²) in [7, 11) is 0. The largest absolute Gasteiger partial charge is 0.678 e. The van der Waals surface area contributed by atoms with Gasteiger partial charge in [-0.05, 0) is 0 Å². The molecule has 0 unspecified atom stereocenters. The molecule has 0 saturated carbocycles. The van der Waals surface area contributed by atoms with E-state index in [1.54, 1.807) is 6.92 Å². The average Bonchev–Trinajstić information content (AvgIpc) is 1.64. The molecule has 0 fully saturated rings. The van der Waals surface area contributed by atoms with Crippen molar-refractivity contribution in [1.29, 1.82) is 0 Å². The van der Waals surface area contributed by atoms with Gasteiger partial charge in [-0.2, -0.15) is 19.7 Å². The maximum atomic E-state index is 10.5. The summed E-state index contributed by atoms with van der Waals surface area (Å²) in [5.41, 5.74) is 6.21. The van der Waals surface area contributed by atoms with Gasteiger partial charge in [-0.15, -0.1) is 0 Å². The van der Waals surface area contributed by atoms with Crippen molar-refractivity contribution in [2.75, 3.05) is 6.54 Å². The molecule has 0 aliphatic heterocycles. The van der Waals surface area contributed by atoms with Crippen LogP contribution in [0.2, 0.25) is 0 Å². The first-order chi connectivity index (χ1) is 4.36. The Hall–Kier alpha value is -0.780. The van der Waals surface area contributed by atoms with Gasteiger partial charge in [0.15, 0.2) is 0 Å². The van der Waals surface area contributed by atoms with Gasteiger partial charge in [-0.1, -0.05) is 6.92 Å². The van der Waals surface area contributed by atoms with E-state index in [9.17, 15) is 13.2 Å². The van der Waals surface area contributed by atoms with Gasteiger partial charge in [0.2, 0.25) is 0 Å². The highest BCUT2D eigenvalue weighted by Gasteiger charge is 2.28. The molecule has 3 nitrogen and oxygen atoms in total. The fourth-order valence-corrected chi connectivity index (χ4v) is 0. The van der Waals surface area contributed by atoms with Crippen LogP contribution in [0.1, 0.15) is 6.92 Å². The Morgan fingerprint density at radius 3 is 1.70 bits per heavy atom. The Kier molecular flexibility index (Phi) is 6.02. The van der Waals surface area contributed by atoms with Crippen molar-refractivity contribution in [2.45, 2.75) is 13.1 Å². The number of halogens is 3. The van der Waals surface area contributed by atoms with Crippen LogP contribution in [0.25, 0.3) is 5.73 Å². The summed E-state index contributed by atoms with van der Waals surface area (Å²) in [4.78, 5) is 8.78. The number of carboxylic acids is 1. The fourth-order valence-electron chi connectivity index (χ4n) is 0. The molecule has 0 aromatic heterocycles. The Morgan fingerprint density at radius 1 is 1.60 bits per heavy atom. The molecule has 6 heteroatoms. The molecular weight excluding hydrogens is 151 g/mol. The average molecular weight is 157 g/mol. The zero-order valence-corrected chi connectivity index (χ0v) is 5.16. The SMILES string of the molecule is CC[NH-].O=C([O-])C(F)(F)F. The Labute approximate surface area is 55.6 Å². The molecule has 0 aliphatic carbocycles. The van der Waals surface area contributed by atoms with E-state index in [-0.39, 0.29) is 0 Å². The second-order valence-corrected chi connectivity index (χ2v) is 1.14. The van der Waals surface area contributed by atoms with Crippen LogP contribution in [0.15, 0.2) is 0 Å². The minimum Gasteiger partial charge on any atom is -0.678 e. The number of alkyl halides is 3. The maximum Gasteiger partial charge on any atom is 0.430 e. The van der Waals surface area contributed by atoms with E-state index in [1.165, 1.54) is 0 Å². The van der Waals surface area contributed by atoms with Gasteiger partial charge < -0.3 is 15.6 Å². The molecule has 0 aromatic carbocycles. The van der Waals surface area contributed by atoms with Gasteiger partial charge in [0.05, 0.1) is 0 Å². The highest BCUT2D eigenvalue weighted by Crippen LogP contribution is 2.11. The van der Waals surface area contributed by atoms with Crippen LogP contribution < -0.4 is 5.11 Å². The molecule has 62 valence electrons. The monoisotopic (exact) mass is 157 g/mol. The van der Waals surface area contributed by atoms with Gasteiger partial charge in [-0.3, -0.25) is 0 Å². The third-order valence-electron chi connectivity index (χ3n) is 0.231. The van der Waals surface area contributed by atoms with Crippen LogP contribution >= 0.6 is 0 Å². The van der Waals surface area contributed by atoms with Gasteiger partial charge in [-0.25, -0.2) is 0 Å². The predicted molar refractivity (Wildman–Crippen MR) is 25.9 cm³/mol. The Bertz CT molecular complexity index is 101. The van der Waals surface area contributed by atoms with Crippen LogP contribution in [-0.4, -0.2) is 18.7 Å². The number of hydrogen-bond donors (Lipinski definition) is 0. The van der Waals surface area contributed by atoms with Crippen LogP contribution in [0.4, 0.5) is 13.2 Å². The molecule has 0 heterocycles. The summed E-state index contributed by atoms with van der Waals surface area (Å²) in [5.74, 6) is -3.01. The van der Waals surface area contributed by atoms with Crippen molar-refractivity contribution in [3.8, 4) is 0 Å². The molecule has 0 rings (SSSR count). The summed E-state index contributed by atoms with van der Waals surface area (Å²) in [6.07, 6.45) is -5.19. The smallest absolute Gasteiger partial charge is 0.430 e. The zero-order chi connectivity index (χ0) is 8.78. The van der Waals surface area contributed by atoms with Crippen LogP contribution in [-0.2, 0) is 4.79 Å². The van der Waals surface area contributed by atoms with Crippen molar-refractivity contribution >= 4 is 5.97 Å². The fraction of sp³-hybridized carbons (Fsp3) is 0.750. The molecule has 1 N–H and O–H groups in total. The lowest BCUT2D eigenvalue weighted by atomic mass is 10.7. The summed E-state index contributed by atoms with van der Waals surface area (Å²) in [5, 5.41) is 8.78. The van der Waals surface area contributed by atoms with Crippen molar-refractivity contribution < 1.29 is 23.1 Å². The molecular formula is C4H6F3NO2-2. The minimum atomic E-state index is -5.19. The van der Waals surface area contributed by atoms with Gasteiger partial charge in [0.25, 0.3) is 0 Å². The number of hydrogen-bond acceptors (Lipinski definition) is 2. The first-order valence-electron chi connectivity index (χ1n) is 2.29. The van der Waals surface area contributed by atoms with Crippen molar-refractivity contribution in [2.24, 2.45) is 0 Å². The van der Waals surface area contributed by atoms with E-state index >= 15 is 0 Å². The standard InChI is InChI=1S/C2HF3O2.C2H6N/c3-2(4,5)1(6)7;1-2-3/h(H,6,7);3H,2H2,1H3/q;-1/p-1. The summed E-state index contributed by atoms with van der Waals surface area (Å²) in [6.45, 7) is 2.29. The third-order valence-corrected chi connectivity index (χ3v) is 0.231. The molecule has 0 amide bonds. The number of nitrogens with one attached hydrogen (secondary N) is 1. The molecule has 0 bridgehead atoms. The van der Waals surface area contributed by atoms with E-state index < -0.39 is 12.1 Å². The highest BCUT2D eigenvalue weighted by atomic mass is 19.4. The normalized spacial score (nSPS) is 9.70. The molecule has 0 atom stereocenters. The molecule has 0 spiro atoms. The molecule has 0 aliphatic rings. The van der Waals surface area contributed by atoms with Crippen LogP contribution in [0.5, 0.6) is 0 Å². The molecule has 0 saturated heterocycles. The summed E-state index contributed by atoms with van der Waals surface area (Å²) >= 11 is 0. The van der Waals surface area contributed by atoms with E-state index in [0.717, 1.165) is 0 Å². The molecule has 10 heavy (non-hydrogen) atoms. The number of carbonyl (C=O) groups excluding carboxylic acids is 1.